The van der Waals surface area contributed by atoms with E-state index in [1.54, 1.807) is 26.0 Å². The Hall–Kier alpha value is -2.45. The highest BCUT2D eigenvalue weighted by Gasteiger charge is 2.23. The molecule has 152 valence electrons. The highest BCUT2D eigenvalue weighted by molar-refractivity contribution is 5.61. The van der Waals surface area contributed by atoms with Crippen molar-refractivity contribution in [2.45, 2.75) is 51.2 Å². The number of carbonyl (C=O) groups is 1. The minimum Gasteiger partial charge on any atom is -0.384 e. The van der Waals surface area contributed by atoms with Crippen LogP contribution in [0.3, 0.4) is 0 Å². The molecule has 0 spiro atoms. The lowest BCUT2D eigenvalue weighted by Crippen LogP contribution is -2.28. The molecule has 2 aromatic rings. The van der Waals surface area contributed by atoms with Crippen LogP contribution in [0.25, 0.3) is 11.3 Å². The van der Waals surface area contributed by atoms with Crippen molar-refractivity contribution in [1.82, 2.24) is 15.0 Å². The summed E-state index contributed by atoms with van der Waals surface area (Å²) in [7, 11) is 1.50. The zero-order valence-electron chi connectivity index (χ0n) is 16.5. The Kier molecular flexibility index (Phi) is 7.53. The van der Waals surface area contributed by atoms with Crippen LogP contribution in [-0.4, -0.2) is 39.4 Å². The monoisotopic (exact) mass is 389 g/mol. The number of anilines is 1. The van der Waals surface area contributed by atoms with E-state index in [-0.39, 0.29) is 17.7 Å². The Balaban J connectivity index is 0.00000136. The predicted octanol–water partition coefficient (Wildman–Crippen LogP) is 2.65. The van der Waals surface area contributed by atoms with E-state index in [1.165, 1.54) is 13.2 Å². The van der Waals surface area contributed by atoms with Gasteiger partial charge in [0.25, 0.3) is 0 Å². The third kappa shape index (κ3) is 5.53. The van der Waals surface area contributed by atoms with E-state index in [9.17, 15) is 14.3 Å². The minimum atomic E-state index is -1.13. The lowest BCUT2D eigenvalue weighted by molar-refractivity contribution is -0.111. The average molecular weight is 389 g/mol. The van der Waals surface area contributed by atoms with Crippen LogP contribution in [0.2, 0.25) is 0 Å². The zero-order valence-corrected chi connectivity index (χ0v) is 16.5. The number of nitrogens with zero attached hydrogens (tertiary/aromatic N) is 3. The number of halogens is 1. The summed E-state index contributed by atoms with van der Waals surface area (Å²) in [5.74, 6) is -0.159. The van der Waals surface area contributed by atoms with Gasteiger partial charge in [0.15, 0.2) is 5.82 Å². The number of hydrogen-bond acceptors (Lipinski definition) is 7. The van der Waals surface area contributed by atoms with Crippen LogP contribution >= 0.6 is 0 Å². The molecular weight excluding hydrogens is 361 g/mol. The summed E-state index contributed by atoms with van der Waals surface area (Å²) in [6.45, 7) is 3.24. The number of hydrogen-bond donors (Lipinski definition) is 3. The summed E-state index contributed by atoms with van der Waals surface area (Å²) in [5.41, 5.74) is 4.48. The van der Waals surface area contributed by atoms with Gasteiger partial charge in [-0.2, -0.15) is 0 Å². The molecule has 0 radical (unpaired) electrons. The van der Waals surface area contributed by atoms with E-state index in [4.69, 9.17) is 0 Å². The second-order valence-corrected chi connectivity index (χ2v) is 7.28. The second kappa shape index (κ2) is 9.66. The Morgan fingerprint density at radius 3 is 2.75 bits per heavy atom. The van der Waals surface area contributed by atoms with Gasteiger partial charge in [-0.05, 0) is 52.3 Å². The van der Waals surface area contributed by atoms with Crippen molar-refractivity contribution in [3.63, 3.8) is 0 Å². The van der Waals surface area contributed by atoms with E-state index in [2.05, 4.69) is 26.0 Å². The molecule has 2 heterocycles. The molecule has 1 fully saturated rings. The van der Waals surface area contributed by atoms with Gasteiger partial charge in [-0.3, -0.25) is 4.98 Å². The van der Waals surface area contributed by atoms with Gasteiger partial charge in [-0.15, -0.1) is 0 Å². The molecule has 2 atom stereocenters. The molecule has 0 amide bonds. The molecule has 7 nitrogen and oxygen atoms in total. The molecule has 1 aliphatic carbocycles. The summed E-state index contributed by atoms with van der Waals surface area (Å²) in [5, 5.41) is 13.3. The molecule has 0 aliphatic heterocycles. The first-order chi connectivity index (χ1) is 13.4. The van der Waals surface area contributed by atoms with E-state index in [0.717, 1.165) is 38.2 Å². The highest BCUT2D eigenvalue weighted by Crippen LogP contribution is 2.27. The first kappa shape index (κ1) is 21.8. The highest BCUT2D eigenvalue weighted by atomic mass is 19.1. The van der Waals surface area contributed by atoms with Crippen molar-refractivity contribution in [3.8, 4) is 11.3 Å². The van der Waals surface area contributed by atoms with Gasteiger partial charge in [0.1, 0.15) is 17.6 Å². The molecule has 4 N–H and O–H groups in total. The Labute approximate surface area is 164 Å². The predicted molar refractivity (Wildman–Crippen MR) is 106 cm³/mol. The summed E-state index contributed by atoms with van der Waals surface area (Å²) in [6.07, 6.45) is 7.19. The lowest BCUT2D eigenvalue weighted by Gasteiger charge is -2.26. The van der Waals surface area contributed by atoms with Gasteiger partial charge in [-0.25, -0.2) is 14.4 Å². The Bertz CT molecular complexity index is 794. The molecule has 1 saturated carbocycles. The first-order valence-electron chi connectivity index (χ1n) is 9.38. The van der Waals surface area contributed by atoms with Gasteiger partial charge in [-0.1, -0.05) is 6.42 Å². The fourth-order valence-corrected chi connectivity index (χ4v) is 3.22. The van der Waals surface area contributed by atoms with Gasteiger partial charge in [0.2, 0.25) is 5.95 Å². The zero-order chi connectivity index (χ0) is 20.7. The van der Waals surface area contributed by atoms with Crippen molar-refractivity contribution in [1.29, 1.82) is 0 Å². The van der Waals surface area contributed by atoms with Crippen molar-refractivity contribution in [3.05, 3.63) is 36.0 Å². The number of carbonyl (C=O) groups excluding carboxylic acids is 1. The number of nitrogens with two attached hydrogens (primary N) is 1. The van der Waals surface area contributed by atoms with E-state index in [1.807, 2.05) is 0 Å². The van der Waals surface area contributed by atoms with Crippen molar-refractivity contribution in [2.75, 3.05) is 12.4 Å². The summed E-state index contributed by atoms with van der Waals surface area (Å²) in [6, 6.07) is 3.37. The van der Waals surface area contributed by atoms with Crippen LogP contribution in [-0.2, 0) is 10.4 Å². The topological polar surface area (TPSA) is 114 Å². The van der Waals surface area contributed by atoms with Crippen LogP contribution in [0.5, 0.6) is 0 Å². The molecule has 28 heavy (non-hydrogen) atoms. The number of pyridine rings is 1. The van der Waals surface area contributed by atoms with Crippen molar-refractivity contribution >= 4 is 12.2 Å². The van der Waals surface area contributed by atoms with Crippen LogP contribution in [0, 0.1) is 11.7 Å². The fourth-order valence-electron chi connectivity index (χ4n) is 3.22. The molecule has 8 heteroatoms. The van der Waals surface area contributed by atoms with Crippen LogP contribution in [0.1, 0.15) is 45.2 Å². The summed E-state index contributed by atoms with van der Waals surface area (Å²) < 4.78 is 14.3. The first-order valence-corrected chi connectivity index (χ1v) is 9.38. The van der Waals surface area contributed by atoms with Crippen molar-refractivity contribution in [2.24, 2.45) is 11.7 Å². The van der Waals surface area contributed by atoms with E-state index in [0.29, 0.717) is 17.2 Å². The molecule has 2 aromatic heterocycles. The largest absolute Gasteiger partial charge is 0.384 e. The number of aliphatic hydroxyl groups is 1. The smallest absolute Gasteiger partial charge is 0.223 e. The van der Waals surface area contributed by atoms with E-state index < -0.39 is 11.4 Å². The van der Waals surface area contributed by atoms with Crippen LogP contribution in [0.4, 0.5) is 10.3 Å². The van der Waals surface area contributed by atoms with Gasteiger partial charge in [0.05, 0.1) is 11.9 Å². The van der Waals surface area contributed by atoms with Crippen molar-refractivity contribution < 1.29 is 14.3 Å². The quantitative estimate of drug-likeness (QED) is 0.674. The van der Waals surface area contributed by atoms with E-state index >= 15 is 0 Å². The normalized spacial score (nSPS) is 19.4. The molecule has 1 aliphatic rings. The fraction of sp³-hybridized carbons (Fsp3) is 0.500. The number of aldehydes is 1. The molecular formula is C20H28FN5O2. The minimum absolute atomic E-state index is 0.0516. The van der Waals surface area contributed by atoms with Gasteiger partial charge >= 0.3 is 0 Å². The third-order valence-corrected chi connectivity index (χ3v) is 4.64. The summed E-state index contributed by atoms with van der Waals surface area (Å²) in [4.78, 5) is 23.5. The SMILES string of the molecule is CC(C)(O)c1cc(-c2nc(NC3CCCC(C=O)C3)ncc2F)ccn1.CN. The maximum absolute atomic E-state index is 14.3. The van der Waals surface area contributed by atoms with Crippen LogP contribution < -0.4 is 11.1 Å². The molecule has 0 bridgehead atoms. The second-order valence-electron chi connectivity index (χ2n) is 7.28. The van der Waals surface area contributed by atoms with Gasteiger partial charge in [0, 0.05) is 23.7 Å². The number of rotatable bonds is 5. The Morgan fingerprint density at radius 1 is 1.32 bits per heavy atom. The molecule has 0 saturated heterocycles. The maximum atomic E-state index is 14.3. The average Bonchev–Trinajstić information content (AvgIpc) is 2.70. The summed E-state index contributed by atoms with van der Waals surface area (Å²) >= 11 is 0. The Morgan fingerprint density at radius 2 is 2.07 bits per heavy atom. The maximum Gasteiger partial charge on any atom is 0.223 e. The lowest BCUT2D eigenvalue weighted by atomic mass is 9.87. The number of aromatic nitrogens is 3. The third-order valence-electron chi connectivity index (χ3n) is 4.64. The molecule has 0 aromatic carbocycles. The number of nitrogens with one attached hydrogen (secondary N) is 1. The standard InChI is InChI=1S/C19H23FN4O2.CH5N/c1-19(2,26)16-9-13(6-7-21-16)17-15(20)10-22-18(24-17)23-14-5-3-4-12(8-14)11-25;1-2/h6-7,9-12,14,26H,3-5,8H2,1-2H3,(H,22,23,24);2H2,1H3. The molecule has 3 rings (SSSR count). The van der Waals surface area contributed by atoms with Gasteiger partial charge < -0.3 is 21.0 Å². The van der Waals surface area contributed by atoms with Crippen LogP contribution in [0.15, 0.2) is 24.5 Å². The molecule has 2 unspecified atom stereocenters.